The van der Waals surface area contributed by atoms with E-state index in [4.69, 9.17) is 0 Å². The van der Waals surface area contributed by atoms with Gasteiger partial charge in [0.2, 0.25) is 0 Å². The second kappa shape index (κ2) is 4.72. The molecule has 0 atom stereocenters. The number of carbonyl (C=O) groups is 1. The second-order valence-electron chi connectivity index (χ2n) is 2.14. The minimum atomic E-state index is 0.547. The van der Waals surface area contributed by atoms with E-state index in [1.807, 2.05) is 38.1 Å². The van der Waals surface area contributed by atoms with Crippen LogP contribution >= 0.6 is 11.3 Å². The lowest BCUT2D eigenvalue weighted by atomic mass is 10.3. The van der Waals surface area contributed by atoms with Crippen LogP contribution < -0.4 is 0 Å². The van der Waals surface area contributed by atoms with Crippen molar-refractivity contribution >= 4 is 27.8 Å². The number of para-hydroxylation sites is 1. The Labute approximate surface area is 81.2 Å². The molecule has 0 aliphatic carbocycles. The maximum Gasteiger partial charge on any atom is 0.178 e. The van der Waals surface area contributed by atoms with E-state index in [0.717, 1.165) is 16.5 Å². The van der Waals surface area contributed by atoms with Gasteiger partial charge >= 0.3 is 0 Å². The Kier molecular flexibility index (Phi) is 3.58. The standard InChI is InChI=1S/C8H5NOS.C2H6/c10-5-8-9-6-3-1-2-4-7(6)11-8;1-2/h1-5H;1-2H3. The highest BCUT2D eigenvalue weighted by Gasteiger charge is 1.99. The van der Waals surface area contributed by atoms with E-state index in [1.54, 1.807) is 0 Å². The van der Waals surface area contributed by atoms with Gasteiger partial charge in [-0.1, -0.05) is 26.0 Å². The minimum Gasteiger partial charge on any atom is -0.295 e. The summed E-state index contributed by atoms with van der Waals surface area (Å²) in [6.07, 6.45) is 0.782. The van der Waals surface area contributed by atoms with E-state index < -0.39 is 0 Å². The average Bonchev–Trinajstić information content (AvgIpc) is 2.63. The summed E-state index contributed by atoms with van der Waals surface area (Å²) in [7, 11) is 0. The number of aldehydes is 1. The zero-order valence-electron chi connectivity index (χ0n) is 7.65. The number of carbonyl (C=O) groups excluding carboxylic acids is 1. The monoisotopic (exact) mass is 193 g/mol. The zero-order chi connectivity index (χ0) is 9.68. The third-order valence-corrected chi connectivity index (χ3v) is 2.37. The number of thiazole rings is 1. The van der Waals surface area contributed by atoms with Gasteiger partial charge in [0.25, 0.3) is 0 Å². The van der Waals surface area contributed by atoms with E-state index in [-0.39, 0.29) is 0 Å². The number of rotatable bonds is 1. The number of hydrogen-bond donors (Lipinski definition) is 0. The highest BCUT2D eigenvalue weighted by molar-refractivity contribution is 7.19. The van der Waals surface area contributed by atoms with Gasteiger partial charge in [-0.05, 0) is 12.1 Å². The predicted octanol–water partition coefficient (Wildman–Crippen LogP) is 3.14. The quantitative estimate of drug-likeness (QED) is 0.651. The molecule has 0 spiro atoms. The number of fused-ring (bicyclic) bond motifs is 1. The summed E-state index contributed by atoms with van der Waals surface area (Å²) in [5, 5.41) is 0.547. The van der Waals surface area contributed by atoms with Crippen molar-refractivity contribution in [2.75, 3.05) is 0 Å². The van der Waals surface area contributed by atoms with Crippen molar-refractivity contribution in [1.82, 2.24) is 4.98 Å². The molecule has 0 bridgehead atoms. The molecule has 0 unspecified atom stereocenters. The Hall–Kier alpha value is -1.22. The average molecular weight is 193 g/mol. The first kappa shape index (κ1) is 9.86. The van der Waals surface area contributed by atoms with Crippen LogP contribution in [0.25, 0.3) is 10.2 Å². The van der Waals surface area contributed by atoms with Crippen molar-refractivity contribution < 1.29 is 4.79 Å². The summed E-state index contributed by atoms with van der Waals surface area (Å²) < 4.78 is 1.06. The number of aromatic nitrogens is 1. The third-order valence-electron chi connectivity index (χ3n) is 1.41. The molecule has 0 aliphatic rings. The first-order valence-electron chi connectivity index (χ1n) is 4.21. The molecule has 2 aromatic rings. The van der Waals surface area contributed by atoms with Crippen LogP contribution in [0, 0.1) is 0 Å². The molecule has 0 fully saturated rings. The van der Waals surface area contributed by atoms with E-state index in [1.165, 1.54) is 11.3 Å². The van der Waals surface area contributed by atoms with Crippen LogP contribution in [0.15, 0.2) is 24.3 Å². The van der Waals surface area contributed by atoms with Gasteiger partial charge < -0.3 is 0 Å². The topological polar surface area (TPSA) is 30.0 Å². The fourth-order valence-corrected chi connectivity index (χ4v) is 1.72. The third kappa shape index (κ3) is 2.12. The van der Waals surface area contributed by atoms with Crippen LogP contribution in [0.1, 0.15) is 23.6 Å². The van der Waals surface area contributed by atoms with Crippen LogP contribution in [0.4, 0.5) is 0 Å². The number of benzene rings is 1. The molecule has 13 heavy (non-hydrogen) atoms. The first-order chi connectivity index (χ1) is 6.40. The van der Waals surface area contributed by atoms with Crippen molar-refractivity contribution in [3.63, 3.8) is 0 Å². The molecule has 0 N–H and O–H groups in total. The van der Waals surface area contributed by atoms with Gasteiger partial charge in [0.05, 0.1) is 10.2 Å². The van der Waals surface area contributed by atoms with Gasteiger partial charge in [0, 0.05) is 0 Å². The molecule has 3 heteroatoms. The second-order valence-corrected chi connectivity index (χ2v) is 3.20. The Balaban J connectivity index is 0.000000396. The van der Waals surface area contributed by atoms with Crippen LogP contribution in [0.3, 0.4) is 0 Å². The van der Waals surface area contributed by atoms with Gasteiger partial charge in [0.1, 0.15) is 0 Å². The summed E-state index contributed by atoms with van der Waals surface area (Å²) in [5.74, 6) is 0. The molecule has 0 radical (unpaired) electrons. The lowest BCUT2D eigenvalue weighted by Crippen LogP contribution is -1.72. The van der Waals surface area contributed by atoms with Crippen molar-refractivity contribution in [2.24, 2.45) is 0 Å². The molecule has 0 saturated heterocycles. The maximum atomic E-state index is 10.3. The predicted molar refractivity (Wildman–Crippen MR) is 56.4 cm³/mol. The molecule has 1 aromatic carbocycles. The fourth-order valence-electron chi connectivity index (χ4n) is 0.940. The first-order valence-corrected chi connectivity index (χ1v) is 5.02. The molecule has 1 aromatic heterocycles. The Morgan fingerprint density at radius 2 is 2.00 bits per heavy atom. The van der Waals surface area contributed by atoms with E-state index in [2.05, 4.69) is 4.98 Å². The normalized spacial score (nSPS) is 9.08. The lowest BCUT2D eigenvalue weighted by molar-refractivity contribution is 0.112. The highest BCUT2D eigenvalue weighted by Crippen LogP contribution is 2.19. The van der Waals surface area contributed by atoms with E-state index in [0.29, 0.717) is 5.01 Å². The zero-order valence-corrected chi connectivity index (χ0v) is 8.47. The Morgan fingerprint density at radius 1 is 1.31 bits per heavy atom. The Morgan fingerprint density at radius 3 is 2.62 bits per heavy atom. The summed E-state index contributed by atoms with van der Waals surface area (Å²) in [4.78, 5) is 14.4. The molecule has 0 aliphatic heterocycles. The SMILES string of the molecule is CC.O=Cc1nc2ccccc2s1. The largest absolute Gasteiger partial charge is 0.295 e. The summed E-state index contributed by atoms with van der Waals surface area (Å²) in [5.41, 5.74) is 0.902. The summed E-state index contributed by atoms with van der Waals surface area (Å²) in [6.45, 7) is 4.00. The van der Waals surface area contributed by atoms with Crippen LogP contribution in [0.5, 0.6) is 0 Å². The van der Waals surface area contributed by atoms with Crippen LogP contribution in [-0.4, -0.2) is 11.3 Å². The van der Waals surface area contributed by atoms with Gasteiger partial charge in [-0.25, -0.2) is 4.98 Å². The highest BCUT2D eigenvalue weighted by atomic mass is 32.1. The summed E-state index contributed by atoms with van der Waals surface area (Å²) >= 11 is 1.42. The number of hydrogen-bond acceptors (Lipinski definition) is 3. The van der Waals surface area contributed by atoms with Crippen molar-refractivity contribution in [1.29, 1.82) is 0 Å². The molecule has 1 heterocycles. The fraction of sp³-hybridized carbons (Fsp3) is 0.200. The van der Waals surface area contributed by atoms with Crippen molar-refractivity contribution in [2.45, 2.75) is 13.8 Å². The van der Waals surface area contributed by atoms with E-state index in [9.17, 15) is 4.79 Å². The smallest absolute Gasteiger partial charge is 0.178 e. The molecular formula is C10H11NOS. The van der Waals surface area contributed by atoms with Gasteiger partial charge in [0.15, 0.2) is 11.3 Å². The van der Waals surface area contributed by atoms with Crippen molar-refractivity contribution in [3.05, 3.63) is 29.3 Å². The van der Waals surface area contributed by atoms with E-state index >= 15 is 0 Å². The van der Waals surface area contributed by atoms with Crippen molar-refractivity contribution in [3.8, 4) is 0 Å². The molecule has 0 saturated carbocycles. The van der Waals surface area contributed by atoms with Crippen LogP contribution in [0.2, 0.25) is 0 Å². The van der Waals surface area contributed by atoms with Gasteiger partial charge in [-0.2, -0.15) is 0 Å². The Bertz CT molecular complexity index is 361. The van der Waals surface area contributed by atoms with Crippen LogP contribution in [-0.2, 0) is 0 Å². The molecular weight excluding hydrogens is 182 g/mol. The molecule has 2 rings (SSSR count). The maximum absolute atomic E-state index is 10.3. The lowest BCUT2D eigenvalue weighted by Gasteiger charge is -1.80. The molecule has 2 nitrogen and oxygen atoms in total. The van der Waals surface area contributed by atoms with Gasteiger partial charge in [-0.15, -0.1) is 11.3 Å². The molecule has 68 valence electrons. The number of nitrogens with zero attached hydrogens (tertiary/aromatic N) is 1. The summed E-state index contributed by atoms with van der Waals surface area (Å²) in [6, 6.07) is 7.71. The minimum absolute atomic E-state index is 0.547. The van der Waals surface area contributed by atoms with Gasteiger partial charge in [-0.3, -0.25) is 4.79 Å². The molecule has 0 amide bonds.